The van der Waals surface area contributed by atoms with Gasteiger partial charge in [-0.2, -0.15) is 0 Å². The first kappa shape index (κ1) is 18.6. The minimum atomic E-state index is -0.257. The van der Waals surface area contributed by atoms with Crippen LogP contribution in [-0.2, 0) is 0 Å². The van der Waals surface area contributed by atoms with Crippen molar-refractivity contribution in [3.8, 4) is 5.75 Å². The van der Waals surface area contributed by atoms with Gasteiger partial charge in [0.25, 0.3) is 0 Å². The number of carbonyl (C=O) groups is 1. The Bertz CT molecular complexity index is 766. The Morgan fingerprint density at radius 2 is 1.77 bits per heavy atom. The number of nitrogens with one attached hydrogen (secondary N) is 1. The van der Waals surface area contributed by atoms with E-state index in [4.69, 9.17) is 27.9 Å². The highest BCUT2D eigenvalue weighted by molar-refractivity contribution is 6.35. The van der Waals surface area contributed by atoms with Gasteiger partial charge in [0.15, 0.2) is 6.73 Å². The highest BCUT2D eigenvalue weighted by atomic mass is 35.5. The second-order valence-electron chi connectivity index (χ2n) is 5.80. The number of amides is 2. The first-order valence-corrected chi connectivity index (χ1v) is 8.89. The second-order valence-corrected chi connectivity index (χ2v) is 6.64. The summed E-state index contributed by atoms with van der Waals surface area (Å²) < 4.78 is 18.5. The molecule has 2 aromatic carbocycles. The van der Waals surface area contributed by atoms with E-state index in [9.17, 15) is 9.18 Å². The summed E-state index contributed by atoms with van der Waals surface area (Å²) in [6.45, 7) is 2.53. The van der Waals surface area contributed by atoms with Crippen LogP contribution in [0.5, 0.6) is 5.75 Å². The molecule has 0 atom stereocenters. The maximum absolute atomic E-state index is 13.0. The van der Waals surface area contributed by atoms with Gasteiger partial charge < -0.3 is 19.9 Å². The standard InChI is InChI=1S/C18H18Cl2FN3O2/c19-13-1-6-17(16(20)11-13)26-12-22-18(25)24-9-7-23(8-10-24)15-4-2-14(21)3-5-15/h1-6,11H,7-10,12H2,(H,22,25). The first-order chi connectivity index (χ1) is 12.5. The summed E-state index contributed by atoms with van der Waals surface area (Å²) in [6, 6.07) is 11.1. The average molecular weight is 398 g/mol. The van der Waals surface area contributed by atoms with Crippen LogP contribution in [0.3, 0.4) is 0 Å². The predicted molar refractivity (Wildman–Crippen MR) is 101 cm³/mol. The molecule has 2 aromatic rings. The first-order valence-electron chi connectivity index (χ1n) is 8.14. The van der Waals surface area contributed by atoms with Crippen molar-refractivity contribution in [1.82, 2.24) is 10.2 Å². The average Bonchev–Trinajstić information content (AvgIpc) is 2.64. The summed E-state index contributed by atoms with van der Waals surface area (Å²) >= 11 is 11.8. The number of benzene rings is 2. The van der Waals surface area contributed by atoms with Crippen molar-refractivity contribution in [1.29, 1.82) is 0 Å². The van der Waals surface area contributed by atoms with Crippen LogP contribution in [0.2, 0.25) is 10.0 Å². The zero-order chi connectivity index (χ0) is 18.5. The third kappa shape index (κ3) is 4.71. The number of piperazine rings is 1. The van der Waals surface area contributed by atoms with Crippen LogP contribution >= 0.6 is 23.2 Å². The van der Waals surface area contributed by atoms with E-state index in [2.05, 4.69) is 10.2 Å². The smallest absolute Gasteiger partial charge is 0.320 e. The number of hydrogen-bond donors (Lipinski definition) is 1. The third-order valence-corrected chi connectivity index (χ3v) is 4.63. The van der Waals surface area contributed by atoms with Gasteiger partial charge >= 0.3 is 6.03 Å². The van der Waals surface area contributed by atoms with Crippen LogP contribution in [0, 0.1) is 5.82 Å². The number of anilines is 1. The molecule has 138 valence electrons. The molecule has 0 saturated carbocycles. The lowest BCUT2D eigenvalue weighted by atomic mass is 10.2. The molecule has 26 heavy (non-hydrogen) atoms. The van der Waals surface area contributed by atoms with Crippen molar-refractivity contribution in [2.45, 2.75) is 0 Å². The number of halogens is 3. The molecule has 0 aliphatic carbocycles. The van der Waals surface area contributed by atoms with Crippen molar-refractivity contribution in [3.05, 3.63) is 58.3 Å². The van der Waals surface area contributed by atoms with Gasteiger partial charge in [-0.05, 0) is 42.5 Å². The Labute approximate surface area is 161 Å². The Hall–Kier alpha value is -2.18. The summed E-state index contributed by atoms with van der Waals surface area (Å²) in [5.74, 6) is 0.199. The zero-order valence-corrected chi connectivity index (χ0v) is 15.4. The van der Waals surface area contributed by atoms with Crippen molar-refractivity contribution < 1.29 is 13.9 Å². The van der Waals surface area contributed by atoms with Gasteiger partial charge in [-0.1, -0.05) is 23.2 Å². The fourth-order valence-electron chi connectivity index (χ4n) is 2.70. The van der Waals surface area contributed by atoms with Gasteiger partial charge in [0, 0.05) is 36.9 Å². The molecule has 1 fully saturated rings. The van der Waals surface area contributed by atoms with Crippen molar-refractivity contribution in [3.63, 3.8) is 0 Å². The second kappa shape index (κ2) is 8.47. The lowest BCUT2D eigenvalue weighted by Gasteiger charge is -2.36. The van der Waals surface area contributed by atoms with Gasteiger partial charge in [-0.3, -0.25) is 0 Å². The lowest BCUT2D eigenvalue weighted by Crippen LogP contribution is -2.52. The van der Waals surface area contributed by atoms with Crippen LogP contribution in [0.4, 0.5) is 14.9 Å². The molecule has 1 saturated heterocycles. The topological polar surface area (TPSA) is 44.8 Å². The number of nitrogens with zero attached hydrogens (tertiary/aromatic N) is 2. The molecular weight excluding hydrogens is 380 g/mol. The Morgan fingerprint density at radius 1 is 1.08 bits per heavy atom. The highest BCUT2D eigenvalue weighted by Gasteiger charge is 2.21. The van der Waals surface area contributed by atoms with Crippen LogP contribution in [0.1, 0.15) is 0 Å². The predicted octanol–water partition coefficient (Wildman–Crippen LogP) is 4.00. The molecule has 0 radical (unpaired) electrons. The van der Waals surface area contributed by atoms with Gasteiger partial charge in [-0.25, -0.2) is 9.18 Å². The molecule has 5 nitrogen and oxygen atoms in total. The lowest BCUT2D eigenvalue weighted by molar-refractivity contribution is 0.181. The van der Waals surface area contributed by atoms with Gasteiger partial charge in [0.05, 0.1) is 5.02 Å². The van der Waals surface area contributed by atoms with E-state index >= 15 is 0 Å². The fourth-order valence-corrected chi connectivity index (χ4v) is 3.16. The largest absolute Gasteiger partial charge is 0.472 e. The van der Waals surface area contributed by atoms with Gasteiger partial charge in [0.2, 0.25) is 0 Å². The van der Waals surface area contributed by atoms with E-state index in [1.165, 1.54) is 12.1 Å². The highest BCUT2D eigenvalue weighted by Crippen LogP contribution is 2.27. The molecule has 0 aromatic heterocycles. The molecule has 0 bridgehead atoms. The van der Waals surface area contributed by atoms with Crippen LogP contribution < -0.4 is 15.0 Å². The fraction of sp³-hybridized carbons (Fsp3) is 0.278. The SMILES string of the molecule is O=C(NCOc1ccc(Cl)cc1Cl)N1CCN(c2ccc(F)cc2)CC1. The molecule has 1 aliphatic heterocycles. The van der Waals surface area contributed by atoms with E-state index in [-0.39, 0.29) is 18.6 Å². The van der Waals surface area contributed by atoms with Crippen LogP contribution in [0.25, 0.3) is 0 Å². The Kier molecular flexibility index (Phi) is 6.06. The van der Waals surface area contributed by atoms with E-state index in [1.54, 1.807) is 35.2 Å². The normalized spacial score (nSPS) is 14.3. The quantitative estimate of drug-likeness (QED) is 0.792. The van der Waals surface area contributed by atoms with Crippen molar-refractivity contribution >= 4 is 34.9 Å². The summed E-state index contributed by atoms with van der Waals surface area (Å²) in [7, 11) is 0. The molecule has 3 rings (SSSR count). The number of carbonyl (C=O) groups excluding carboxylic acids is 1. The van der Waals surface area contributed by atoms with E-state index in [0.717, 1.165) is 5.69 Å². The summed E-state index contributed by atoms with van der Waals surface area (Å²) in [6.07, 6.45) is 0. The molecule has 0 spiro atoms. The molecule has 1 aliphatic rings. The maximum Gasteiger partial charge on any atom is 0.320 e. The number of hydrogen-bond acceptors (Lipinski definition) is 3. The number of urea groups is 1. The molecule has 2 amide bonds. The minimum absolute atomic E-state index is 0.0123. The van der Waals surface area contributed by atoms with E-state index in [1.807, 2.05) is 0 Å². The molecular formula is C18H18Cl2FN3O2. The molecule has 1 N–H and O–H groups in total. The maximum atomic E-state index is 13.0. The van der Waals surface area contributed by atoms with Crippen molar-refractivity contribution in [2.75, 3.05) is 37.8 Å². The molecule has 1 heterocycles. The van der Waals surface area contributed by atoms with Gasteiger partial charge in [-0.15, -0.1) is 0 Å². The number of rotatable bonds is 4. The van der Waals surface area contributed by atoms with Crippen LogP contribution in [-0.4, -0.2) is 43.8 Å². The summed E-state index contributed by atoms with van der Waals surface area (Å²) in [4.78, 5) is 16.1. The molecule has 0 unspecified atom stereocenters. The zero-order valence-electron chi connectivity index (χ0n) is 13.9. The third-order valence-electron chi connectivity index (χ3n) is 4.10. The molecule has 8 heteroatoms. The summed E-state index contributed by atoms with van der Waals surface area (Å²) in [5.41, 5.74) is 0.951. The van der Waals surface area contributed by atoms with Crippen molar-refractivity contribution in [2.24, 2.45) is 0 Å². The summed E-state index contributed by atoms with van der Waals surface area (Å²) in [5, 5.41) is 3.62. The minimum Gasteiger partial charge on any atom is -0.472 e. The monoisotopic (exact) mass is 397 g/mol. The number of ether oxygens (including phenoxy) is 1. The van der Waals surface area contributed by atoms with Crippen LogP contribution in [0.15, 0.2) is 42.5 Å². The Morgan fingerprint density at radius 3 is 2.42 bits per heavy atom. The van der Waals surface area contributed by atoms with E-state index < -0.39 is 0 Å². The van der Waals surface area contributed by atoms with Gasteiger partial charge in [0.1, 0.15) is 11.6 Å². The Balaban J connectivity index is 1.44. The van der Waals surface area contributed by atoms with E-state index in [0.29, 0.717) is 42.0 Å².